The molecule has 3 rings (SSSR count). The highest BCUT2D eigenvalue weighted by molar-refractivity contribution is 8.15. The third kappa shape index (κ3) is 2.15. The zero-order valence-corrected chi connectivity index (χ0v) is 13.4. The summed E-state index contributed by atoms with van der Waals surface area (Å²) in [5.74, 6) is 0.366. The van der Waals surface area contributed by atoms with Gasteiger partial charge in [0, 0.05) is 10.9 Å². The van der Waals surface area contributed by atoms with Crippen LogP contribution < -0.4 is 4.90 Å². The van der Waals surface area contributed by atoms with Crippen molar-refractivity contribution in [1.82, 2.24) is 0 Å². The summed E-state index contributed by atoms with van der Waals surface area (Å²) in [6.45, 7) is 6.12. The molecule has 108 valence electrons. The minimum Gasteiger partial charge on any atom is -0.316 e. The van der Waals surface area contributed by atoms with Gasteiger partial charge in [-0.1, -0.05) is 29.5 Å². The van der Waals surface area contributed by atoms with E-state index in [2.05, 4.69) is 19.1 Å². The first-order chi connectivity index (χ1) is 9.28. The first kappa shape index (κ1) is 13.9. The minimum absolute atomic E-state index is 0.00704. The highest BCUT2D eigenvalue weighted by Crippen LogP contribution is 2.42. The van der Waals surface area contributed by atoms with Gasteiger partial charge in [-0.25, -0.2) is 8.42 Å². The molecule has 0 amide bonds. The number of rotatable bonds is 1. The van der Waals surface area contributed by atoms with Crippen LogP contribution in [0, 0.1) is 26.2 Å². The summed E-state index contributed by atoms with van der Waals surface area (Å²) in [6.07, 6.45) is 0. The van der Waals surface area contributed by atoms with E-state index in [1.807, 2.05) is 18.7 Å². The molecule has 0 saturated carbocycles. The fourth-order valence-electron chi connectivity index (χ4n) is 3.32. The molecule has 1 aromatic carbocycles. The molecule has 6 heteroatoms. The van der Waals surface area contributed by atoms with Gasteiger partial charge < -0.3 is 4.90 Å². The molecule has 2 aliphatic rings. The Balaban J connectivity index is 2.08. The Morgan fingerprint density at radius 3 is 2.40 bits per heavy atom. The van der Waals surface area contributed by atoms with Crippen LogP contribution in [-0.2, 0) is 9.84 Å². The highest BCUT2D eigenvalue weighted by atomic mass is 32.2. The largest absolute Gasteiger partial charge is 0.316 e. The van der Waals surface area contributed by atoms with Crippen molar-refractivity contribution < 1.29 is 8.42 Å². The number of thioether (sulfide) groups is 1. The average Bonchev–Trinajstić information content (AvgIpc) is 2.70. The molecule has 0 aromatic heterocycles. The van der Waals surface area contributed by atoms with Gasteiger partial charge in [0.15, 0.2) is 15.0 Å². The first-order valence-electron chi connectivity index (χ1n) is 6.61. The number of fused-ring (bicyclic) bond motifs is 1. The summed E-state index contributed by atoms with van der Waals surface area (Å²) in [5, 5.41) is 8.70. The smallest absolute Gasteiger partial charge is 0.161 e. The molecule has 4 nitrogen and oxygen atoms in total. The average molecular weight is 310 g/mol. The fraction of sp³-hybridized carbons (Fsp3) is 0.500. The van der Waals surface area contributed by atoms with Crippen LogP contribution in [0.5, 0.6) is 0 Å². The molecule has 2 atom stereocenters. The van der Waals surface area contributed by atoms with Crippen molar-refractivity contribution in [1.29, 1.82) is 5.41 Å². The maximum Gasteiger partial charge on any atom is 0.161 e. The monoisotopic (exact) mass is 310 g/mol. The Labute approximate surface area is 124 Å². The fourth-order valence-corrected chi connectivity index (χ4v) is 7.10. The Morgan fingerprint density at radius 1 is 1.20 bits per heavy atom. The van der Waals surface area contributed by atoms with Gasteiger partial charge in [-0.2, -0.15) is 0 Å². The molecule has 2 saturated heterocycles. The Kier molecular flexibility index (Phi) is 3.14. The SMILES string of the molecule is Cc1cc(C)c(N2C(=N)S[C@H]3CS(=O)(=O)C[C@@H]32)c(C)c1. The molecule has 0 unspecified atom stereocenters. The van der Waals surface area contributed by atoms with Crippen LogP contribution in [0.25, 0.3) is 0 Å². The van der Waals surface area contributed by atoms with Crippen molar-refractivity contribution in [2.75, 3.05) is 16.4 Å². The molecular formula is C14H18N2O2S2. The third-order valence-electron chi connectivity index (χ3n) is 3.96. The number of benzene rings is 1. The third-order valence-corrected chi connectivity index (χ3v) is 7.09. The molecule has 1 N–H and O–H groups in total. The predicted octanol–water partition coefficient (Wildman–Crippen LogP) is 2.27. The van der Waals surface area contributed by atoms with E-state index in [4.69, 9.17) is 5.41 Å². The predicted molar refractivity (Wildman–Crippen MR) is 84.7 cm³/mol. The molecule has 0 radical (unpaired) electrons. The molecule has 2 heterocycles. The second kappa shape index (κ2) is 4.49. The zero-order valence-electron chi connectivity index (χ0n) is 11.8. The zero-order chi connectivity index (χ0) is 14.7. The molecule has 0 aliphatic carbocycles. The van der Waals surface area contributed by atoms with E-state index in [1.165, 1.54) is 17.3 Å². The second-order valence-corrected chi connectivity index (χ2v) is 9.10. The van der Waals surface area contributed by atoms with Gasteiger partial charge in [-0.3, -0.25) is 5.41 Å². The molecule has 0 spiro atoms. The number of amidine groups is 1. The number of anilines is 1. The van der Waals surface area contributed by atoms with Crippen molar-refractivity contribution in [3.63, 3.8) is 0 Å². The number of aryl methyl sites for hydroxylation is 3. The molecule has 1 aromatic rings. The number of nitrogens with one attached hydrogen (secondary N) is 1. The van der Waals surface area contributed by atoms with Gasteiger partial charge in [0.1, 0.15) is 0 Å². The van der Waals surface area contributed by atoms with E-state index in [1.54, 1.807) is 0 Å². The Morgan fingerprint density at radius 2 is 1.80 bits per heavy atom. The van der Waals surface area contributed by atoms with Crippen molar-refractivity contribution in [2.24, 2.45) is 0 Å². The summed E-state index contributed by atoms with van der Waals surface area (Å²) < 4.78 is 23.7. The van der Waals surface area contributed by atoms with Crippen LogP contribution >= 0.6 is 11.8 Å². The lowest BCUT2D eigenvalue weighted by Crippen LogP contribution is -2.38. The van der Waals surface area contributed by atoms with Crippen molar-refractivity contribution in [3.8, 4) is 0 Å². The first-order valence-corrected chi connectivity index (χ1v) is 9.31. The van der Waals surface area contributed by atoms with Crippen molar-refractivity contribution in [2.45, 2.75) is 32.1 Å². The van der Waals surface area contributed by atoms with Crippen LogP contribution in [-0.4, -0.2) is 36.4 Å². The van der Waals surface area contributed by atoms with E-state index in [9.17, 15) is 8.42 Å². The van der Waals surface area contributed by atoms with Gasteiger partial charge in [0.2, 0.25) is 0 Å². The number of hydrogen-bond donors (Lipinski definition) is 1. The van der Waals surface area contributed by atoms with E-state index >= 15 is 0 Å². The van der Waals surface area contributed by atoms with Crippen LogP contribution in [0.2, 0.25) is 0 Å². The summed E-state index contributed by atoms with van der Waals surface area (Å²) in [6, 6.07) is 4.10. The van der Waals surface area contributed by atoms with Gasteiger partial charge in [-0.05, 0) is 31.9 Å². The number of sulfone groups is 1. The summed E-state index contributed by atoms with van der Waals surface area (Å²) >= 11 is 1.39. The molecule has 20 heavy (non-hydrogen) atoms. The topological polar surface area (TPSA) is 61.2 Å². The van der Waals surface area contributed by atoms with Crippen LogP contribution in [0.15, 0.2) is 12.1 Å². The van der Waals surface area contributed by atoms with Gasteiger partial charge >= 0.3 is 0 Å². The standard InChI is InChI=1S/C14H18N2O2S2/c1-8-4-9(2)13(10(3)5-8)16-11-6-20(17,18)7-12(11)19-14(16)15/h4-5,11-12,15H,6-7H2,1-3H3/t11-,12-/m0/s1. The van der Waals surface area contributed by atoms with Gasteiger partial charge in [0.05, 0.1) is 17.5 Å². The molecule has 2 fully saturated rings. The second-order valence-electron chi connectivity index (χ2n) is 5.72. The van der Waals surface area contributed by atoms with Gasteiger partial charge in [0.25, 0.3) is 0 Å². The lowest BCUT2D eigenvalue weighted by Gasteiger charge is -2.27. The summed E-state index contributed by atoms with van der Waals surface area (Å²) in [4.78, 5) is 1.93. The van der Waals surface area contributed by atoms with E-state index in [0.29, 0.717) is 5.17 Å². The lowest BCUT2D eigenvalue weighted by molar-refractivity contribution is 0.601. The van der Waals surface area contributed by atoms with Crippen molar-refractivity contribution >= 4 is 32.5 Å². The van der Waals surface area contributed by atoms with Crippen molar-refractivity contribution in [3.05, 3.63) is 28.8 Å². The molecule has 0 bridgehead atoms. The Hall–Kier alpha value is -1.01. The van der Waals surface area contributed by atoms with Crippen LogP contribution in [0.3, 0.4) is 0 Å². The maximum absolute atomic E-state index is 11.8. The summed E-state index contributed by atoms with van der Waals surface area (Å²) in [5.41, 5.74) is 4.42. The quantitative estimate of drug-likeness (QED) is 0.864. The molecular weight excluding hydrogens is 292 g/mol. The normalized spacial score (nSPS) is 27.9. The van der Waals surface area contributed by atoms with E-state index in [0.717, 1.165) is 16.8 Å². The number of hydrogen-bond acceptors (Lipinski definition) is 4. The minimum atomic E-state index is -2.96. The Bertz CT molecular complexity index is 674. The molecule has 2 aliphatic heterocycles. The van der Waals surface area contributed by atoms with Crippen LogP contribution in [0.4, 0.5) is 5.69 Å². The summed E-state index contributed by atoms with van der Waals surface area (Å²) in [7, 11) is -2.96. The van der Waals surface area contributed by atoms with E-state index in [-0.39, 0.29) is 22.8 Å². The maximum atomic E-state index is 11.8. The number of nitrogens with zero attached hydrogens (tertiary/aromatic N) is 1. The van der Waals surface area contributed by atoms with Crippen LogP contribution in [0.1, 0.15) is 16.7 Å². The van der Waals surface area contributed by atoms with E-state index < -0.39 is 9.84 Å². The lowest BCUT2D eigenvalue weighted by atomic mass is 10.0. The van der Waals surface area contributed by atoms with Gasteiger partial charge in [-0.15, -0.1) is 0 Å². The highest BCUT2D eigenvalue weighted by Gasteiger charge is 2.49.